The number of carbonyl (C=O) groups excluding carboxylic acids is 1. The monoisotopic (exact) mass is 340 g/mol. The summed E-state index contributed by atoms with van der Waals surface area (Å²) in [5.74, 6) is -0.178. The summed E-state index contributed by atoms with van der Waals surface area (Å²) in [5, 5.41) is 10.6. The van der Waals surface area contributed by atoms with Gasteiger partial charge in [-0.25, -0.2) is 0 Å². The van der Waals surface area contributed by atoms with E-state index in [4.69, 9.17) is 4.74 Å². The third kappa shape index (κ3) is 3.03. The normalized spacial score (nSPS) is 12.6. The number of aromatic amines is 1. The number of fused-ring (bicyclic) bond motifs is 1. The number of H-pyrrole nitrogens is 1. The largest absolute Gasteiger partial charge is 0.389 e. The first kappa shape index (κ1) is 15.0. The number of hydrogen-bond donors (Lipinski definition) is 2. The smallest absolute Gasteiger partial charge is 0.271 e. The molecule has 1 aromatic carbocycles. The molecule has 1 aromatic heterocycles. The van der Waals surface area contributed by atoms with Gasteiger partial charge in [0.15, 0.2) is 0 Å². The van der Waals surface area contributed by atoms with Crippen LogP contribution in [0.2, 0.25) is 0 Å². The highest BCUT2D eigenvalue weighted by molar-refractivity contribution is 9.10. The van der Waals surface area contributed by atoms with E-state index in [2.05, 4.69) is 20.9 Å². The van der Waals surface area contributed by atoms with Gasteiger partial charge in [0.05, 0.1) is 17.2 Å². The maximum atomic E-state index is 12.4. The molecule has 1 unspecified atom stereocenters. The number of nitrogens with zero attached hydrogens (tertiary/aromatic N) is 1. The molecule has 6 heteroatoms. The molecule has 0 saturated carbocycles. The van der Waals surface area contributed by atoms with Gasteiger partial charge in [0.1, 0.15) is 5.69 Å². The summed E-state index contributed by atoms with van der Waals surface area (Å²) in [6.07, 6.45) is -0.697. The van der Waals surface area contributed by atoms with Crippen molar-refractivity contribution in [3.05, 3.63) is 34.4 Å². The third-order valence-corrected chi connectivity index (χ3v) is 3.87. The molecular weight excluding hydrogens is 324 g/mol. The van der Waals surface area contributed by atoms with Crippen LogP contribution in [0.25, 0.3) is 10.9 Å². The van der Waals surface area contributed by atoms with Crippen LogP contribution in [-0.2, 0) is 4.74 Å². The van der Waals surface area contributed by atoms with Gasteiger partial charge >= 0.3 is 0 Å². The van der Waals surface area contributed by atoms with Gasteiger partial charge in [-0.05, 0) is 22.0 Å². The van der Waals surface area contributed by atoms with Crippen molar-refractivity contribution in [3.8, 4) is 0 Å². The van der Waals surface area contributed by atoms with Gasteiger partial charge in [-0.2, -0.15) is 0 Å². The number of amides is 1. The van der Waals surface area contributed by atoms with Crippen LogP contribution in [0.1, 0.15) is 10.5 Å². The van der Waals surface area contributed by atoms with Crippen molar-refractivity contribution in [1.29, 1.82) is 0 Å². The van der Waals surface area contributed by atoms with Crippen molar-refractivity contribution in [1.82, 2.24) is 9.88 Å². The molecule has 0 aliphatic heterocycles. The standard InChI is InChI=1S/C14H17BrN2O3/c1-17(7-9(18)8-20-2)14(19)13-12(15)10-5-3-4-6-11(10)16-13/h3-6,9,16,18H,7-8H2,1-2H3. The number of carbonyl (C=O) groups is 1. The molecule has 1 amide bonds. The molecule has 0 radical (unpaired) electrons. The van der Waals surface area contributed by atoms with Crippen LogP contribution >= 0.6 is 15.9 Å². The molecule has 1 atom stereocenters. The molecule has 2 N–H and O–H groups in total. The maximum absolute atomic E-state index is 12.4. The minimum absolute atomic E-state index is 0.178. The summed E-state index contributed by atoms with van der Waals surface area (Å²) in [4.78, 5) is 17.0. The second-order valence-electron chi connectivity index (χ2n) is 4.65. The minimum Gasteiger partial charge on any atom is -0.389 e. The first-order valence-electron chi connectivity index (χ1n) is 6.23. The number of nitrogens with one attached hydrogen (secondary N) is 1. The average molecular weight is 341 g/mol. The van der Waals surface area contributed by atoms with Gasteiger partial charge in [-0.1, -0.05) is 18.2 Å². The predicted molar refractivity (Wildman–Crippen MR) is 80.8 cm³/mol. The number of para-hydroxylation sites is 1. The second kappa shape index (κ2) is 6.39. The van der Waals surface area contributed by atoms with Crippen LogP contribution < -0.4 is 0 Å². The molecule has 2 rings (SSSR count). The van der Waals surface area contributed by atoms with E-state index in [0.717, 1.165) is 15.4 Å². The number of ether oxygens (including phenoxy) is 1. The molecule has 5 nitrogen and oxygen atoms in total. The molecule has 0 aliphatic rings. The number of halogens is 1. The van der Waals surface area contributed by atoms with Gasteiger partial charge in [-0.3, -0.25) is 4.79 Å². The summed E-state index contributed by atoms with van der Waals surface area (Å²) < 4.78 is 5.60. The minimum atomic E-state index is -0.697. The number of aromatic nitrogens is 1. The lowest BCUT2D eigenvalue weighted by Gasteiger charge is -2.20. The lowest BCUT2D eigenvalue weighted by atomic mass is 10.2. The van der Waals surface area contributed by atoms with Crippen LogP contribution in [0, 0.1) is 0 Å². The fourth-order valence-corrected chi connectivity index (χ4v) is 2.70. The lowest BCUT2D eigenvalue weighted by Crippen LogP contribution is -2.36. The van der Waals surface area contributed by atoms with E-state index in [1.165, 1.54) is 12.0 Å². The number of benzene rings is 1. The van der Waals surface area contributed by atoms with Crippen molar-refractivity contribution >= 4 is 32.7 Å². The first-order valence-corrected chi connectivity index (χ1v) is 7.02. The third-order valence-electron chi connectivity index (χ3n) is 3.05. The molecule has 0 spiro atoms. The molecule has 2 aromatic rings. The second-order valence-corrected chi connectivity index (χ2v) is 5.45. The quantitative estimate of drug-likeness (QED) is 0.874. The highest BCUT2D eigenvalue weighted by Gasteiger charge is 2.20. The number of methoxy groups -OCH3 is 1. The predicted octanol–water partition coefficient (Wildman–Crippen LogP) is 2.01. The lowest BCUT2D eigenvalue weighted by molar-refractivity contribution is 0.0378. The Bertz CT molecular complexity index is 611. The first-order chi connectivity index (χ1) is 9.54. The maximum Gasteiger partial charge on any atom is 0.271 e. The highest BCUT2D eigenvalue weighted by atomic mass is 79.9. The van der Waals surface area contributed by atoms with E-state index in [0.29, 0.717) is 5.69 Å². The Kier molecular flexibility index (Phi) is 4.80. The van der Waals surface area contributed by atoms with Gasteiger partial charge in [0.25, 0.3) is 5.91 Å². The Morgan fingerprint density at radius 1 is 1.50 bits per heavy atom. The van der Waals surface area contributed by atoms with Crippen molar-refractivity contribution in [2.45, 2.75) is 6.10 Å². The molecule has 0 fully saturated rings. The zero-order valence-corrected chi connectivity index (χ0v) is 13.0. The summed E-state index contributed by atoms with van der Waals surface area (Å²) in [5.41, 5.74) is 1.38. The Morgan fingerprint density at radius 2 is 2.20 bits per heavy atom. The number of likely N-dealkylation sites (N-methyl/N-ethyl adjacent to an activating group) is 1. The topological polar surface area (TPSA) is 65.6 Å². The van der Waals surface area contributed by atoms with Crippen LogP contribution in [-0.4, -0.2) is 54.3 Å². The van der Waals surface area contributed by atoms with E-state index in [1.807, 2.05) is 24.3 Å². The molecular formula is C14H17BrN2O3. The number of aliphatic hydroxyl groups is 1. The van der Waals surface area contributed by atoms with Crippen molar-refractivity contribution < 1.29 is 14.6 Å². The Balaban J connectivity index is 2.20. The molecule has 108 valence electrons. The number of aliphatic hydroxyl groups excluding tert-OH is 1. The van der Waals surface area contributed by atoms with Gasteiger partial charge < -0.3 is 19.7 Å². The number of hydrogen-bond acceptors (Lipinski definition) is 3. The Hall–Kier alpha value is -1.37. The van der Waals surface area contributed by atoms with E-state index >= 15 is 0 Å². The SMILES string of the molecule is COCC(O)CN(C)C(=O)c1[nH]c2ccccc2c1Br. The van der Waals surface area contributed by atoms with Crippen LogP contribution in [0.3, 0.4) is 0 Å². The molecule has 20 heavy (non-hydrogen) atoms. The molecule has 1 heterocycles. The molecule has 0 saturated heterocycles. The zero-order chi connectivity index (χ0) is 14.7. The summed E-state index contributed by atoms with van der Waals surface area (Å²) in [7, 11) is 3.17. The van der Waals surface area contributed by atoms with Gasteiger partial charge in [0, 0.05) is 31.6 Å². The summed E-state index contributed by atoms with van der Waals surface area (Å²) >= 11 is 3.45. The van der Waals surface area contributed by atoms with Crippen molar-refractivity contribution in [2.24, 2.45) is 0 Å². The van der Waals surface area contributed by atoms with Crippen molar-refractivity contribution in [3.63, 3.8) is 0 Å². The van der Waals surface area contributed by atoms with E-state index in [-0.39, 0.29) is 19.1 Å². The van der Waals surface area contributed by atoms with Crippen LogP contribution in [0.5, 0.6) is 0 Å². The Morgan fingerprint density at radius 3 is 2.85 bits per heavy atom. The highest BCUT2D eigenvalue weighted by Crippen LogP contribution is 2.28. The number of rotatable bonds is 5. The summed E-state index contributed by atoms with van der Waals surface area (Å²) in [6.45, 7) is 0.417. The van der Waals surface area contributed by atoms with E-state index in [9.17, 15) is 9.90 Å². The van der Waals surface area contributed by atoms with E-state index in [1.54, 1.807) is 7.05 Å². The van der Waals surface area contributed by atoms with Crippen LogP contribution in [0.4, 0.5) is 0 Å². The van der Waals surface area contributed by atoms with Crippen molar-refractivity contribution in [2.75, 3.05) is 27.3 Å². The Labute approximate surface area is 125 Å². The molecule has 0 bridgehead atoms. The molecule has 0 aliphatic carbocycles. The van der Waals surface area contributed by atoms with Crippen LogP contribution in [0.15, 0.2) is 28.7 Å². The average Bonchev–Trinajstić information content (AvgIpc) is 2.76. The fraction of sp³-hybridized carbons (Fsp3) is 0.357. The van der Waals surface area contributed by atoms with Gasteiger partial charge in [-0.15, -0.1) is 0 Å². The zero-order valence-electron chi connectivity index (χ0n) is 11.4. The summed E-state index contributed by atoms with van der Waals surface area (Å²) in [6, 6.07) is 7.68. The van der Waals surface area contributed by atoms with E-state index < -0.39 is 6.10 Å². The fourth-order valence-electron chi connectivity index (χ4n) is 2.09. The van der Waals surface area contributed by atoms with Gasteiger partial charge in [0.2, 0.25) is 0 Å².